The average molecular weight is 586 g/mol. The van der Waals surface area contributed by atoms with E-state index in [0.717, 1.165) is 30.5 Å². The SMILES string of the molecule is CC/C=C\C=C1\c2c(cc(-c3ccccc3)c(-c3ccccc3)c2/C(=C\C(=NC)c2ccccc2)[C@@]2(C)C=CC=CC2)CC1C. The number of nitrogens with zero attached hydrogens (tertiary/aromatic N) is 1. The number of rotatable bonds is 8. The van der Waals surface area contributed by atoms with Gasteiger partial charge in [0.25, 0.3) is 0 Å². The van der Waals surface area contributed by atoms with E-state index in [-0.39, 0.29) is 5.41 Å². The van der Waals surface area contributed by atoms with Gasteiger partial charge in [0.2, 0.25) is 0 Å². The Labute approximate surface area is 269 Å². The molecular formula is C44H43N. The molecule has 2 aliphatic rings. The van der Waals surface area contributed by atoms with Crippen LogP contribution in [0.25, 0.3) is 33.4 Å². The Hall–Kier alpha value is -4.75. The van der Waals surface area contributed by atoms with Gasteiger partial charge in [-0.1, -0.05) is 154 Å². The number of benzene rings is 4. The highest BCUT2D eigenvalue weighted by atomic mass is 14.7. The van der Waals surface area contributed by atoms with Crippen molar-refractivity contribution in [2.75, 3.05) is 7.05 Å². The molecule has 6 rings (SSSR count). The molecule has 0 fully saturated rings. The number of fused-ring (bicyclic) bond motifs is 1. The van der Waals surface area contributed by atoms with Crippen LogP contribution in [0.4, 0.5) is 0 Å². The zero-order valence-electron chi connectivity index (χ0n) is 27.0. The normalized spacial score (nSPS) is 20.7. The number of aliphatic imine (C=N–C) groups is 1. The van der Waals surface area contributed by atoms with Crippen LogP contribution >= 0.6 is 0 Å². The number of allylic oxidation sites excluding steroid dienone is 10. The summed E-state index contributed by atoms with van der Waals surface area (Å²) >= 11 is 0. The van der Waals surface area contributed by atoms with Gasteiger partial charge in [0.05, 0.1) is 5.71 Å². The van der Waals surface area contributed by atoms with Crippen LogP contribution in [0.3, 0.4) is 0 Å². The maximum Gasteiger partial charge on any atom is 0.0646 e. The Bertz CT molecular complexity index is 1830. The van der Waals surface area contributed by atoms with Gasteiger partial charge in [-0.15, -0.1) is 0 Å². The van der Waals surface area contributed by atoms with Crippen LogP contribution in [-0.4, -0.2) is 12.8 Å². The van der Waals surface area contributed by atoms with E-state index in [2.05, 4.69) is 166 Å². The Morgan fingerprint density at radius 3 is 2.16 bits per heavy atom. The van der Waals surface area contributed by atoms with Crippen LogP contribution in [0.15, 0.2) is 151 Å². The zero-order chi connectivity index (χ0) is 31.2. The first kappa shape index (κ1) is 30.3. The summed E-state index contributed by atoms with van der Waals surface area (Å²) in [5.74, 6) is 0.416. The van der Waals surface area contributed by atoms with Gasteiger partial charge in [0.1, 0.15) is 0 Å². The van der Waals surface area contributed by atoms with Crippen LogP contribution < -0.4 is 0 Å². The Kier molecular flexibility index (Phi) is 9.08. The average Bonchev–Trinajstić information content (AvgIpc) is 3.40. The second-order valence-corrected chi connectivity index (χ2v) is 12.4. The molecule has 2 aliphatic carbocycles. The van der Waals surface area contributed by atoms with Gasteiger partial charge in [0.15, 0.2) is 0 Å². The molecule has 45 heavy (non-hydrogen) atoms. The second-order valence-electron chi connectivity index (χ2n) is 12.4. The van der Waals surface area contributed by atoms with E-state index in [1.54, 1.807) is 0 Å². The van der Waals surface area contributed by atoms with Crippen LogP contribution in [0.1, 0.15) is 55.9 Å². The minimum absolute atomic E-state index is 0.234. The van der Waals surface area contributed by atoms with Crippen molar-refractivity contribution in [1.29, 1.82) is 0 Å². The molecule has 1 heteroatoms. The Morgan fingerprint density at radius 2 is 1.53 bits per heavy atom. The van der Waals surface area contributed by atoms with Crippen LogP contribution in [0.5, 0.6) is 0 Å². The maximum atomic E-state index is 4.89. The molecule has 0 aliphatic heterocycles. The first-order valence-corrected chi connectivity index (χ1v) is 16.3. The highest BCUT2D eigenvalue weighted by Crippen LogP contribution is 2.54. The molecular weight excluding hydrogens is 542 g/mol. The maximum absolute atomic E-state index is 4.89. The standard InChI is InChI=1S/C44H43N/c1-5-6-11-26-37-32(2)29-36-30-38(33-20-12-7-13-21-33)41(35-24-16-9-17-25-35)43(42(36)37)39(44(3)27-18-10-19-28-44)31-40(45-4)34-22-14-8-15-23-34/h6-27,30-32H,5,28-29H2,1-4H3/b11-6-,37-26+,39-31+,45-40?/t32?,44-/m0/s1. The van der Waals surface area contributed by atoms with Crippen molar-refractivity contribution in [2.45, 2.75) is 40.0 Å². The lowest BCUT2D eigenvalue weighted by Crippen LogP contribution is -2.20. The first-order chi connectivity index (χ1) is 22.0. The second kappa shape index (κ2) is 13.5. The van der Waals surface area contributed by atoms with Crippen LogP contribution in [0, 0.1) is 11.3 Å². The molecule has 0 bridgehead atoms. The Balaban J connectivity index is 1.79. The van der Waals surface area contributed by atoms with E-state index in [1.165, 1.54) is 50.1 Å². The third kappa shape index (κ3) is 6.13. The van der Waals surface area contributed by atoms with Crippen LogP contribution in [-0.2, 0) is 6.42 Å². The lowest BCUT2D eigenvalue weighted by Gasteiger charge is -2.34. The predicted octanol–water partition coefficient (Wildman–Crippen LogP) is 11.6. The summed E-state index contributed by atoms with van der Waals surface area (Å²) in [5.41, 5.74) is 13.8. The monoisotopic (exact) mass is 585 g/mol. The number of hydrogen-bond acceptors (Lipinski definition) is 1. The molecule has 4 aromatic rings. The summed E-state index contributed by atoms with van der Waals surface area (Å²) in [4.78, 5) is 4.89. The molecule has 224 valence electrons. The van der Waals surface area contributed by atoms with Crippen molar-refractivity contribution in [2.24, 2.45) is 16.3 Å². The van der Waals surface area contributed by atoms with Gasteiger partial charge in [-0.05, 0) is 93.0 Å². The molecule has 0 spiro atoms. The minimum atomic E-state index is -0.234. The fourth-order valence-electron chi connectivity index (χ4n) is 6.96. The van der Waals surface area contributed by atoms with Gasteiger partial charge >= 0.3 is 0 Å². The van der Waals surface area contributed by atoms with Gasteiger partial charge in [-0.3, -0.25) is 4.99 Å². The fourth-order valence-corrected chi connectivity index (χ4v) is 6.96. The Morgan fingerprint density at radius 1 is 0.867 bits per heavy atom. The first-order valence-electron chi connectivity index (χ1n) is 16.3. The highest BCUT2D eigenvalue weighted by Gasteiger charge is 2.37. The lowest BCUT2D eigenvalue weighted by molar-refractivity contribution is 0.578. The molecule has 1 unspecified atom stereocenters. The van der Waals surface area contributed by atoms with Crippen molar-refractivity contribution in [3.63, 3.8) is 0 Å². The van der Waals surface area contributed by atoms with E-state index in [4.69, 9.17) is 4.99 Å². The molecule has 0 radical (unpaired) electrons. The molecule has 0 saturated heterocycles. The lowest BCUT2D eigenvalue weighted by atomic mass is 9.69. The molecule has 0 heterocycles. The van der Waals surface area contributed by atoms with Gasteiger partial charge in [-0.2, -0.15) is 0 Å². The van der Waals surface area contributed by atoms with Crippen molar-refractivity contribution in [3.8, 4) is 22.3 Å². The predicted molar refractivity (Wildman–Crippen MR) is 195 cm³/mol. The minimum Gasteiger partial charge on any atom is -0.288 e. The third-order valence-electron chi connectivity index (χ3n) is 9.28. The van der Waals surface area contributed by atoms with Crippen molar-refractivity contribution in [1.82, 2.24) is 0 Å². The van der Waals surface area contributed by atoms with Crippen molar-refractivity contribution >= 4 is 16.9 Å². The zero-order valence-corrected chi connectivity index (χ0v) is 27.0. The number of hydrogen-bond donors (Lipinski definition) is 0. The molecule has 0 N–H and O–H groups in total. The van der Waals surface area contributed by atoms with E-state index in [1.807, 2.05) is 7.05 Å². The van der Waals surface area contributed by atoms with Gasteiger partial charge in [-0.25, -0.2) is 0 Å². The summed E-state index contributed by atoms with van der Waals surface area (Å²) in [5, 5.41) is 0. The van der Waals surface area contributed by atoms with E-state index in [9.17, 15) is 0 Å². The van der Waals surface area contributed by atoms with E-state index in [0.29, 0.717) is 5.92 Å². The smallest absolute Gasteiger partial charge is 0.0646 e. The topological polar surface area (TPSA) is 12.4 Å². The summed E-state index contributed by atoms with van der Waals surface area (Å²) in [7, 11) is 1.92. The molecule has 0 saturated carbocycles. The molecule has 2 atom stereocenters. The van der Waals surface area contributed by atoms with E-state index >= 15 is 0 Å². The highest BCUT2D eigenvalue weighted by molar-refractivity contribution is 6.14. The molecule has 4 aromatic carbocycles. The summed E-state index contributed by atoms with van der Waals surface area (Å²) in [6.45, 7) is 6.98. The largest absolute Gasteiger partial charge is 0.288 e. The quantitative estimate of drug-likeness (QED) is 0.182. The van der Waals surface area contributed by atoms with E-state index < -0.39 is 0 Å². The molecule has 0 aromatic heterocycles. The third-order valence-corrected chi connectivity index (χ3v) is 9.28. The van der Waals surface area contributed by atoms with Crippen molar-refractivity contribution in [3.05, 3.63) is 168 Å². The summed E-state index contributed by atoms with van der Waals surface area (Å²) < 4.78 is 0. The summed E-state index contributed by atoms with van der Waals surface area (Å²) in [6.07, 6.45) is 21.4. The fraction of sp³-hybridized carbons (Fsp3) is 0.205. The summed E-state index contributed by atoms with van der Waals surface area (Å²) in [6, 6.07) is 35.0. The molecule has 0 amide bonds. The van der Waals surface area contributed by atoms with Crippen molar-refractivity contribution < 1.29 is 0 Å². The van der Waals surface area contributed by atoms with Gasteiger partial charge < -0.3 is 0 Å². The van der Waals surface area contributed by atoms with Crippen LogP contribution in [0.2, 0.25) is 0 Å². The van der Waals surface area contributed by atoms with Gasteiger partial charge in [0, 0.05) is 12.5 Å². The molecule has 1 nitrogen and oxygen atoms in total.